The first-order valence-corrected chi connectivity index (χ1v) is 10.0. The molecule has 2 heterocycles. The summed E-state index contributed by atoms with van der Waals surface area (Å²) >= 11 is 0. The highest BCUT2D eigenvalue weighted by Crippen LogP contribution is 2.24. The Balaban J connectivity index is 1.33. The lowest BCUT2D eigenvalue weighted by molar-refractivity contribution is -0.133. The van der Waals surface area contributed by atoms with E-state index in [1.54, 1.807) is 7.11 Å². The number of methoxy groups -OCH3 is 1. The first-order valence-electron chi connectivity index (χ1n) is 10.0. The van der Waals surface area contributed by atoms with Gasteiger partial charge in [-0.3, -0.25) is 14.5 Å². The van der Waals surface area contributed by atoms with Crippen molar-refractivity contribution in [3.8, 4) is 5.75 Å². The van der Waals surface area contributed by atoms with Crippen LogP contribution in [0.5, 0.6) is 5.75 Å². The van der Waals surface area contributed by atoms with Gasteiger partial charge in [-0.2, -0.15) is 0 Å². The fourth-order valence-corrected chi connectivity index (χ4v) is 3.78. The third-order valence-electron chi connectivity index (χ3n) is 5.83. The number of nitrogens with one attached hydrogen (secondary N) is 2. The van der Waals surface area contributed by atoms with E-state index in [2.05, 4.69) is 15.2 Å². The topological polar surface area (TPSA) is 77.7 Å². The van der Waals surface area contributed by atoms with Crippen molar-refractivity contribution in [2.75, 3.05) is 33.3 Å². The van der Waals surface area contributed by atoms with Gasteiger partial charge in [-0.25, -0.2) is 0 Å². The van der Waals surface area contributed by atoms with Gasteiger partial charge in [-0.1, -0.05) is 0 Å². The standard InChI is InChI=1S/C21H28N4O3/c1-14(21(27)23-16-3-4-16)24-7-9-25(10-8-24)20(26)11-15-13-22-19-6-5-17(28-2)12-18(15)19/h5-6,12-14,16,22H,3-4,7-11H2,1-2H3,(H,23,27). The van der Waals surface area contributed by atoms with Gasteiger partial charge >= 0.3 is 0 Å². The van der Waals surface area contributed by atoms with Crippen LogP contribution in [0.25, 0.3) is 10.9 Å². The third kappa shape index (κ3) is 3.99. The summed E-state index contributed by atoms with van der Waals surface area (Å²) in [6.07, 6.45) is 4.47. The zero-order valence-corrected chi connectivity index (χ0v) is 16.5. The molecule has 0 bridgehead atoms. The van der Waals surface area contributed by atoms with Crippen molar-refractivity contribution >= 4 is 22.7 Å². The van der Waals surface area contributed by atoms with E-state index in [1.165, 1.54) is 0 Å². The van der Waals surface area contributed by atoms with Crippen molar-refractivity contribution < 1.29 is 14.3 Å². The number of aromatic amines is 1. The number of hydrogen-bond donors (Lipinski definition) is 2. The average molecular weight is 384 g/mol. The van der Waals surface area contributed by atoms with Gasteiger partial charge in [-0.15, -0.1) is 0 Å². The largest absolute Gasteiger partial charge is 0.497 e. The second kappa shape index (κ2) is 7.83. The molecule has 0 radical (unpaired) electrons. The van der Waals surface area contributed by atoms with Crippen LogP contribution in [-0.4, -0.2) is 72.0 Å². The summed E-state index contributed by atoms with van der Waals surface area (Å²) < 4.78 is 5.30. The van der Waals surface area contributed by atoms with Crippen molar-refractivity contribution in [3.05, 3.63) is 30.0 Å². The Hall–Kier alpha value is -2.54. The molecule has 1 unspecified atom stereocenters. The van der Waals surface area contributed by atoms with Gasteiger partial charge in [-0.05, 0) is 43.5 Å². The Labute approximate surface area is 165 Å². The monoisotopic (exact) mass is 384 g/mol. The smallest absolute Gasteiger partial charge is 0.237 e. The van der Waals surface area contributed by atoms with E-state index in [0.29, 0.717) is 25.6 Å². The Kier molecular flexibility index (Phi) is 5.26. The molecule has 1 saturated carbocycles. The predicted molar refractivity (Wildman–Crippen MR) is 107 cm³/mol. The maximum absolute atomic E-state index is 12.8. The molecule has 7 nitrogen and oxygen atoms in total. The lowest BCUT2D eigenvalue weighted by Gasteiger charge is -2.37. The first-order chi connectivity index (χ1) is 13.5. The number of ether oxygens (including phenoxy) is 1. The molecule has 2 N–H and O–H groups in total. The van der Waals surface area contributed by atoms with E-state index in [1.807, 2.05) is 36.2 Å². The van der Waals surface area contributed by atoms with Crippen molar-refractivity contribution in [1.29, 1.82) is 0 Å². The summed E-state index contributed by atoms with van der Waals surface area (Å²) in [5, 5.41) is 4.09. The van der Waals surface area contributed by atoms with Crippen LogP contribution in [0.4, 0.5) is 0 Å². The number of amides is 2. The number of fused-ring (bicyclic) bond motifs is 1. The van der Waals surface area contributed by atoms with Crippen LogP contribution in [0.3, 0.4) is 0 Å². The van der Waals surface area contributed by atoms with E-state index < -0.39 is 0 Å². The fraction of sp³-hybridized carbons (Fsp3) is 0.524. The number of nitrogens with zero attached hydrogens (tertiary/aromatic N) is 2. The first kappa shape index (κ1) is 18.8. The van der Waals surface area contributed by atoms with Gasteiger partial charge < -0.3 is 19.9 Å². The number of carbonyl (C=O) groups is 2. The second-order valence-corrected chi connectivity index (χ2v) is 7.78. The molecule has 1 saturated heterocycles. The molecule has 2 fully saturated rings. The normalized spacial score (nSPS) is 18.9. The summed E-state index contributed by atoms with van der Waals surface area (Å²) in [6, 6.07) is 6.08. The summed E-state index contributed by atoms with van der Waals surface area (Å²) in [7, 11) is 1.64. The SMILES string of the molecule is COc1ccc2[nH]cc(CC(=O)N3CCN(C(C)C(=O)NC4CC4)CC3)c2c1. The lowest BCUT2D eigenvalue weighted by atomic mass is 10.1. The Morgan fingerprint density at radius 1 is 1.25 bits per heavy atom. The van der Waals surface area contributed by atoms with E-state index in [-0.39, 0.29) is 17.9 Å². The van der Waals surface area contributed by atoms with Crippen LogP contribution < -0.4 is 10.1 Å². The summed E-state index contributed by atoms with van der Waals surface area (Å²) in [6.45, 7) is 4.73. The number of rotatable bonds is 6. The van der Waals surface area contributed by atoms with Gasteiger partial charge in [0, 0.05) is 49.3 Å². The van der Waals surface area contributed by atoms with Crippen molar-refractivity contribution in [2.45, 2.75) is 38.3 Å². The quantitative estimate of drug-likeness (QED) is 0.792. The van der Waals surface area contributed by atoms with Crippen LogP contribution in [0.2, 0.25) is 0 Å². The molecule has 1 aliphatic heterocycles. The Morgan fingerprint density at radius 2 is 2.00 bits per heavy atom. The number of hydrogen-bond acceptors (Lipinski definition) is 4. The minimum atomic E-state index is -0.140. The number of piperazine rings is 1. The number of aromatic nitrogens is 1. The minimum absolute atomic E-state index is 0.106. The molecule has 150 valence electrons. The maximum atomic E-state index is 12.8. The highest BCUT2D eigenvalue weighted by atomic mass is 16.5. The molecule has 4 rings (SSSR count). The van der Waals surface area contributed by atoms with E-state index in [0.717, 1.165) is 48.1 Å². The fourth-order valence-electron chi connectivity index (χ4n) is 3.78. The van der Waals surface area contributed by atoms with Crippen LogP contribution >= 0.6 is 0 Å². The maximum Gasteiger partial charge on any atom is 0.237 e. The van der Waals surface area contributed by atoms with Gasteiger partial charge in [0.25, 0.3) is 0 Å². The molecular weight excluding hydrogens is 356 g/mol. The van der Waals surface area contributed by atoms with Crippen LogP contribution in [0.1, 0.15) is 25.3 Å². The summed E-state index contributed by atoms with van der Waals surface area (Å²) in [5.74, 6) is 1.02. The zero-order chi connectivity index (χ0) is 19.7. The van der Waals surface area contributed by atoms with Gasteiger partial charge in [0.1, 0.15) is 5.75 Å². The Bertz CT molecular complexity index is 866. The van der Waals surface area contributed by atoms with Crippen LogP contribution in [0, 0.1) is 0 Å². The number of carbonyl (C=O) groups excluding carboxylic acids is 2. The van der Waals surface area contributed by atoms with Crippen LogP contribution in [0.15, 0.2) is 24.4 Å². The number of benzene rings is 1. The lowest BCUT2D eigenvalue weighted by Crippen LogP contribution is -2.55. The molecule has 28 heavy (non-hydrogen) atoms. The van der Waals surface area contributed by atoms with E-state index >= 15 is 0 Å². The second-order valence-electron chi connectivity index (χ2n) is 7.78. The summed E-state index contributed by atoms with van der Waals surface area (Å²) in [4.78, 5) is 32.4. The minimum Gasteiger partial charge on any atom is -0.497 e. The van der Waals surface area contributed by atoms with Crippen LogP contribution in [-0.2, 0) is 16.0 Å². The highest BCUT2D eigenvalue weighted by Gasteiger charge is 2.31. The zero-order valence-electron chi connectivity index (χ0n) is 16.5. The van der Waals surface area contributed by atoms with Gasteiger partial charge in [0.2, 0.25) is 11.8 Å². The molecule has 2 amide bonds. The molecule has 1 aromatic heterocycles. The third-order valence-corrected chi connectivity index (χ3v) is 5.83. The van der Waals surface area contributed by atoms with Crippen molar-refractivity contribution in [1.82, 2.24) is 20.1 Å². The molecule has 0 spiro atoms. The van der Waals surface area contributed by atoms with Crippen molar-refractivity contribution in [2.24, 2.45) is 0 Å². The molecule has 7 heteroatoms. The number of H-pyrrole nitrogens is 1. The van der Waals surface area contributed by atoms with E-state index in [4.69, 9.17) is 4.74 Å². The molecular formula is C21H28N4O3. The molecule has 2 aromatic rings. The summed E-state index contributed by atoms with van der Waals surface area (Å²) in [5.41, 5.74) is 1.99. The van der Waals surface area contributed by atoms with Gasteiger partial charge in [0.15, 0.2) is 0 Å². The Morgan fingerprint density at radius 3 is 2.68 bits per heavy atom. The van der Waals surface area contributed by atoms with Gasteiger partial charge in [0.05, 0.1) is 19.6 Å². The molecule has 2 aliphatic rings. The predicted octanol–water partition coefficient (Wildman–Crippen LogP) is 1.53. The molecule has 1 aromatic carbocycles. The van der Waals surface area contributed by atoms with E-state index in [9.17, 15) is 9.59 Å². The highest BCUT2D eigenvalue weighted by molar-refractivity contribution is 5.90. The molecule has 1 atom stereocenters. The molecule has 1 aliphatic carbocycles. The van der Waals surface area contributed by atoms with Crippen molar-refractivity contribution in [3.63, 3.8) is 0 Å². The average Bonchev–Trinajstić information content (AvgIpc) is 3.46.